The molecule has 43 heavy (non-hydrogen) atoms. The molecule has 9 nitrogen and oxygen atoms in total. The quantitative estimate of drug-likeness (QED) is 0.433. The van der Waals surface area contributed by atoms with E-state index in [1.165, 1.54) is 36.2 Å². The maximum absolute atomic E-state index is 14.1. The van der Waals surface area contributed by atoms with Crippen LogP contribution >= 0.6 is 0 Å². The van der Waals surface area contributed by atoms with E-state index in [-0.39, 0.29) is 36.4 Å². The number of hydrogen-bond acceptors (Lipinski definition) is 6. The Hall–Kier alpha value is -4.28. The van der Waals surface area contributed by atoms with Gasteiger partial charge in [0.2, 0.25) is 5.43 Å². The van der Waals surface area contributed by atoms with Gasteiger partial charge in [-0.2, -0.15) is 0 Å². The predicted octanol–water partition coefficient (Wildman–Crippen LogP) is 3.93. The standard InChI is InChI=1S/C32H33F2N5O4/c33-23-5-4-22(26(34)10-23)14-36-30(42)25-16-39-27(29(41)28(25)40)31(43)37(18-38(39)15-24-3-1-2-6-35-24)17-32-11-19-7-20(12-32)9-21(8-19)13-32/h1-6,10,16,19-21,41H,7-9,11-15,17-18H2,(H,36,42). The van der Waals surface area contributed by atoms with Crippen molar-refractivity contribution in [1.29, 1.82) is 0 Å². The Bertz CT molecular complexity index is 1620. The number of benzene rings is 1. The predicted molar refractivity (Wildman–Crippen MR) is 153 cm³/mol. The Labute approximate surface area is 247 Å². The van der Waals surface area contributed by atoms with Gasteiger partial charge in [-0.25, -0.2) is 8.78 Å². The fourth-order valence-electron chi connectivity index (χ4n) is 8.40. The van der Waals surface area contributed by atoms with E-state index < -0.39 is 40.2 Å². The molecule has 0 saturated heterocycles. The van der Waals surface area contributed by atoms with Crippen LogP contribution in [0, 0.1) is 34.8 Å². The summed E-state index contributed by atoms with van der Waals surface area (Å²) in [6.45, 7) is 0.687. The SMILES string of the molecule is O=C(NCc1ccc(F)cc1F)c1cn2c(c(O)c1=O)C(=O)N(CC13CC4CC(CC(C4)C1)C3)CN2Cc1ccccn1. The molecule has 11 heteroatoms. The second kappa shape index (κ2) is 10.5. The van der Waals surface area contributed by atoms with Crippen molar-refractivity contribution in [3.05, 3.63) is 93.2 Å². The highest BCUT2D eigenvalue weighted by molar-refractivity contribution is 5.99. The van der Waals surface area contributed by atoms with Gasteiger partial charge in [0.1, 0.15) is 23.9 Å². The fourth-order valence-corrected chi connectivity index (χ4v) is 8.40. The molecule has 2 aromatic heterocycles. The van der Waals surface area contributed by atoms with Gasteiger partial charge in [0.15, 0.2) is 11.4 Å². The molecule has 0 unspecified atom stereocenters. The monoisotopic (exact) mass is 589 g/mol. The van der Waals surface area contributed by atoms with Crippen molar-refractivity contribution in [1.82, 2.24) is 19.9 Å². The van der Waals surface area contributed by atoms with Gasteiger partial charge in [0.05, 0.1) is 12.2 Å². The van der Waals surface area contributed by atoms with Crippen LogP contribution in [0.2, 0.25) is 0 Å². The van der Waals surface area contributed by atoms with Gasteiger partial charge in [-0.3, -0.25) is 29.1 Å². The molecule has 4 bridgehead atoms. The van der Waals surface area contributed by atoms with Crippen LogP contribution in [0.3, 0.4) is 0 Å². The second-order valence-corrected chi connectivity index (χ2v) is 12.9. The molecule has 1 aromatic carbocycles. The number of rotatable bonds is 7. The van der Waals surface area contributed by atoms with E-state index in [0.717, 1.165) is 25.3 Å². The number of hydrogen-bond donors (Lipinski definition) is 2. The maximum Gasteiger partial charge on any atom is 0.277 e. The Morgan fingerprint density at radius 2 is 1.77 bits per heavy atom. The lowest BCUT2D eigenvalue weighted by Gasteiger charge is -2.58. The van der Waals surface area contributed by atoms with E-state index >= 15 is 0 Å². The number of fused-ring (bicyclic) bond motifs is 1. The largest absolute Gasteiger partial charge is 0.502 e. The molecule has 2 amide bonds. The molecule has 0 radical (unpaired) electrons. The zero-order chi connectivity index (χ0) is 29.9. The summed E-state index contributed by atoms with van der Waals surface area (Å²) in [5.74, 6) is -1.62. The minimum absolute atomic E-state index is 0.0318. The average Bonchev–Trinajstić information content (AvgIpc) is 2.96. The number of carbonyl (C=O) groups excluding carboxylic acids is 2. The topological polar surface area (TPSA) is 108 Å². The maximum atomic E-state index is 14.1. The van der Waals surface area contributed by atoms with Crippen molar-refractivity contribution in [3.63, 3.8) is 0 Å². The molecular weight excluding hydrogens is 556 g/mol. The molecule has 5 aliphatic rings. The van der Waals surface area contributed by atoms with Crippen LogP contribution in [-0.2, 0) is 13.1 Å². The summed E-state index contributed by atoms with van der Waals surface area (Å²) in [6.07, 6.45) is 10.0. The summed E-state index contributed by atoms with van der Waals surface area (Å²) in [5.41, 5.74) is -0.826. The van der Waals surface area contributed by atoms with E-state index in [9.17, 15) is 28.3 Å². The van der Waals surface area contributed by atoms with E-state index in [0.29, 0.717) is 36.1 Å². The third kappa shape index (κ3) is 5.04. The number of aromatic nitrogens is 2. The number of nitrogens with one attached hydrogen (secondary N) is 1. The Morgan fingerprint density at radius 1 is 1.05 bits per heavy atom. The lowest BCUT2D eigenvalue weighted by Crippen LogP contribution is -2.59. The molecule has 1 aliphatic heterocycles. The van der Waals surface area contributed by atoms with E-state index in [4.69, 9.17) is 0 Å². The van der Waals surface area contributed by atoms with Gasteiger partial charge in [-0.15, -0.1) is 0 Å². The van der Waals surface area contributed by atoms with Crippen LogP contribution in [0.15, 0.2) is 53.6 Å². The van der Waals surface area contributed by atoms with E-state index in [1.807, 2.05) is 12.1 Å². The molecule has 8 rings (SSSR count). The molecule has 4 saturated carbocycles. The second-order valence-electron chi connectivity index (χ2n) is 12.9. The highest BCUT2D eigenvalue weighted by atomic mass is 19.1. The van der Waals surface area contributed by atoms with Gasteiger partial charge >= 0.3 is 0 Å². The van der Waals surface area contributed by atoms with Gasteiger partial charge in [0, 0.05) is 37.1 Å². The Kier molecular flexibility index (Phi) is 6.70. The van der Waals surface area contributed by atoms with Gasteiger partial charge in [0.25, 0.3) is 11.8 Å². The fraction of sp³-hybridized carbons (Fsp3) is 0.438. The molecule has 4 aliphatic carbocycles. The summed E-state index contributed by atoms with van der Waals surface area (Å²) in [7, 11) is 0. The normalized spacial score (nSPS) is 25.6. The molecular formula is C32H33F2N5O4. The van der Waals surface area contributed by atoms with Crippen molar-refractivity contribution in [2.45, 2.75) is 51.6 Å². The Morgan fingerprint density at radius 3 is 2.42 bits per heavy atom. The molecule has 0 atom stereocenters. The van der Waals surface area contributed by atoms with E-state index in [2.05, 4.69) is 10.3 Å². The first-order valence-electron chi connectivity index (χ1n) is 14.8. The van der Waals surface area contributed by atoms with Gasteiger partial charge < -0.3 is 15.3 Å². The molecule has 3 heterocycles. The minimum Gasteiger partial charge on any atom is -0.502 e. The van der Waals surface area contributed by atoms with Crippen molar-refractivity contribution in [2.75, 3.05) is 18.2 Å². The summed E-state index contributed by atoms with van der Waals surface area (Å²) in [6, 6.07) is 8.46. The molecule has 3 aromatic rings. The first-order chi connectivity index (χ1) is 20.7. The molecule has 4 fully saturated rings. The number of nitrogens with zero attached hydrogens (tertiary/aromatic N) is 4. The number of halogens is 2. The van der Waals surface area contributed by atoms with Crippen molar-refractivity contribution >= 4 is 11.8 Å². The summed E-state index contributed by atoms with van der Waals surface area (Å²) < 4.78 is 28.8. The van der Waals surface area contributed by atoms with Crippen LogP contribution < -0.4 is 15.8 Å². The molecule has 0 spiro atoms. The summed E-state index contributed by atoms with van der Waals surface area (Å²) in [4.78, 5) is 46.5. The van der Waals surface area contributed by atoms with Crippen LogP contribution in [-0.4, -0.2) is 44.7 Å². The molecule has 224 valence electrons. The number of amides is 2. The minimum atomic E-state index is -0.994. The van der Waals surface area contributed by atoms with E-state index in [1.54, 1.807) is 22.2 Å². The van der Waals surface area contributed by atoms with Crippen LogP contribution in [0.4, 0.5) is 8.78 Å². The van der Waals surface area contributed by atoms with Gasteiger partial charge in [-0.05, 0) is 79.9 Å². The zero-order valence-electron chi connectivity index (χ0n) is 23.6. The van der Waals surface area contributed by atoms with Crippen molar-refractivity contribution in [2.24, 2.45) is 23.2 Å². The third-order valence-electron chi connectivity index (χ3n) is 9.75. The van der Waals surface area contributed by atoms with Crippen LogP contribution in [0.1, 0.15) is 70.6 Å². The summed E-state index contributed by atoms with van der Waals surface area (Å²) >= 11 is 0. The van der Waals surface area contributed by atoms with Crippen LogP contribution in [0.25, 0.3) is 0 Å². The van der Waals surface area contributed by atoms with Gasteiger partial charge in [-0.1, -0.05) is 12.1 Å². The zero-order valence-corrected chi connectivity index (χ0v) is 23.6. The van der Waals surface area contributed by atoms with Crippen molar-refractivity contribution in [3.8, 4) is 5.75 Å². The highest BCUT2D eigenvalue weighted by Gasteiger charge is 2.52. The Balaban J connectivity index is 1.21. The highest BCUT2D eigenvalue weighted by Crippen LogP contribution is 2.60. The van der Waals surface area contributed by atoms with Crippen LogP contribution in [0.5, 0.6) is 5.75 Å². The number of carbonyl (C=O) groups is 2. The summed E-state index contributed by atoms with van der Waals surface area (Å²) in [5, 5.41) is 15.4. The third-order valence-corrected chi connectivity index (χ3v) is 9.75. The molecule has 2 N–H and O–H groups in total. The number of pyridine rings is 2. The lowest BCUT2D eigenvalue weighted by atomic mass is 9.49. The smallest absolute Gasteiger partial charge is 0.277 e. The first-order valence-corrected chi connectivity index (χ1v) is 14.8. The van der Waals surface area contributed by atoms with Crippen molar-refractivity contribution < 1.29 is 23.5 Å². The lowest BCUT2D eigenvalue weighted by molar-refractivity contribution is -0.0667. The average molecular weight is 590 g/mol. The number of aromatic hydroxyl groups is 1. The first kappa shape index (κ1) is 27.5.